The minimum absolute atomic E-state index is 0.145. The van der Waals surface area contributed by atoms with Crippen LogP contribution in [0.25, 0.3) is 0 Å². The number of allylic oxidation sites excluding steroid dienone is 2. The highest BCUT2D eigenvalue weighted by atomic mass is 16.7. The topological polar surface area (TPSA) is 35.5 Å². The van der Waals surface area contributed by atoms with Crippen LogP contribution in [-0.4, -0.2) is 19.7 Å². The molecule has 0 aromatic carbocycles. The molecule has 0 unspecified atom stereocenters. The van der Waals surface area contributed by atoms with Gasteiger partial charge in [0.05, 0.1) is 0 Å². The molecule has 0 amide bonds. The molecule has 0 N–H and O–H groups in total. The van der Waals surface area contributed by atoms with Crippen molar-refractivity contribution < 1.29 is 14.3 Å². The Labute approximate surface area is 59.6 Å². The zero-order valence-corrected chi connectivity index (χ0v) is 5.92. The van der Waals surface area contributed by atoms with E-state index in [1.807, 2.05) is 0 Å². The Kier molecular flexibility index (Phi) is 2.45. The van der Waals surface area contributed by atoms with Crippen LogP contribution in [0.1, 0.15) is 12.8 Å². The van der Waals surface area contributed by atoms with Gasteiger partial charge < -0.3 is 9.47 Å². The fraction of sp³-hybridized carbons (Fsp3) is 0.571. The predicted octanol–water partition coefficient (Wildman–Crippen LogP) is 0.854. The SMILES string of the molecule is COCOC1=CC(=O)CC1. The lowest BCUT2D eigenvalue weighted by atomic mass is 10.3. The molecule has 0 aromatic heterocycles. The number of hydrogen-bond donors (Lipinski definition) is 0. The Morgan fingerprint density at radius 3 is 2.90 bits per heavy atom. The molecule has 0 saturated heterocycles. The molecule has 1 aliphatic carbocycles. The van der Waals surface area contributed by atoms with Crippen LogP contribution in [0.5, 0.6) is 0 Å². The monoisotopic (exact) mass is 142 g/mol. The molecule has 56 valence electrons. The summed E-state index contributed by atoms with van der Waals surface area (Å²) in [5, 5.41) is 0. The fourth-order valence-corrected chi connectivity index (χ4v) is 0.819. The summed E-state index contributed by atoms with van der Waals surface area (Å²) in [4.78, 5) is 10.6. The molecule has 0 atom stereocenters. The van der Waals surface area contributed by atoms with Crippen molar-refractivity contribution in [2.75, 3.05) is 13.9 Å². The van der Waals surface area contributed by atoms with Gasteiger partial charge in [-0.05, 0) is 0 Å². The number of rotatable bonds is 3. The summed E-state index contributed by atoms with van der Waals surface area (Å²) in [6.07, 6.45) is 2.83. The molecule has 1 rings (SSSR count). The summed E-state index contributed by atoms with van der Waals surface area (Å²) in [5.74, 6) is 0.887. The smallest absolute Gasteiger partial charge is 0.188 e. The van der Waals surface area contributed by atoms with Crippen LogP contribution < -0.4 is 0 Å². The molecule has 10 heavy (non-hydrogen) atoms. The average Bonchev–Trinajstić information content (AvgIpc) is 2.31. The minimum atomic E-state index is 0.145. The normalized spacial score (nSPS) is 17.3. The third-order valence-electron chi connectivity index (χ3n) is 1.30. The van der Waals surface area contributed by atoms with Crippen molar-refractivity contribution in [1.82, 2.24) is 0 Å². The highest BCUT2D eigenvalue weighted by molar-refractivity contribution is 5.92. The first kappa shape index (κ1) is 7.28. The minimum Gasteiger partial charge on any atom is -0.472 e. The number of hydrogen-bond acceptors (Lipinski definition) is 3. The second kappa shape index (κ2) is 3.37. The summed E-state index contributed by atoms with van der Waals surface area (Å²) >= 11 is 0. The van der Waals surface area contributed by atoms with Crippen molar-refractivity contribution in [3.63, 3.8) is 0 Å². The largest absolute Gasteiger partial charge is 0.472 e. The standard InChI is InChI=1S/C7H10O3/c1-9-5-10-7-3-2-6(8)4-7/h4H,2-3,5H2,1H3. The number of ketones is 1. The van der Waals surface area contributed by atoms with E-state index in [0.717, 1.165) is 12.2 Å². The number of ether oxygens (including phenoxy) is 2. The fourth-order valence-electron chi connectivity index (χ4n) is 0.819. The van der Waals surface area contributed by atoms with Gasteiger partial charge in [-0.25, -0.2) is 0 Å². The third kappa shape index (κ3) is 1.84. The molecular formula is C7H10O3. The van der Waals surface area contributed by atoms with Crippen molar-refractivity contribution in [3.8, 4) is 0 Å². The first-order valence-corrected chi connectivity index (χ1v) is 3.18. The molecule has 0 aliphatic heterocycles. The molecule has 0 radical (unpaired) electrons. The van der Waals surface area contributed by atoms with E-state index >= 15 is 0 Å². The van der Waals surface area contributed by atoms with Crippen LogP contribution in [0.15, 0.2) is 11.8 Å². The third-order valence-corrected chi connectivity index (χ3v) is 1.30. The van der Waals surface area contributed by atoms with E-state index in [1.54, 1.807) is 7.11 Å². The second-order valence-electron chi connectivity index (χ2n) is 2.13. The zero-order chi connectivity index (χ0) is 7.40. The first-order valence-electron chi connectivity index (χ1n) is 3.18. The van der Waals surface area contributed by atoms with Gasteiger partial charge in [0.2, 0.25) is 0 Å². The Hall–Kier alpha value is -0.830. The zero-order valence-electron chi connectivity index (χ0n) is 5.92. The van der Waals surface area contributed by atoms with Gasteiger partial charge in [-0.15, -0.1) is 0 Å². The molecule has 0 aromatic rings. The molecule has 3 heteroatoms. The Balaban J connectivity index is 2.28. The van der Waals surface area contributed by atoms with E-state index in [2.05, 4.69) is 4.74 Å². The van der Waals surface area contributed by atoms with Crippen LogP contribution in [0.3, 0.4) is 0 Å². The molecule has 0 heterocycles. The predicted molar refractivity (Wildman–Crippen MR) is 35.3 cm³/mol. The molecule has 3 nitrogen and oxygen atoms in total. The van der Waals surface area contributed by atoms with Gasteiger partial charge in [0.15, 0.2) is 12.6 Å². The second-order valence-corrected chi connectivity index (χ2v) is 2.13. The Morgan fingerprint density at radius 1 is 1.60 bits per heavy atom. The van der Waals surface area contributed by atoms with E-state index in [-0.39, 0.29) is 12.6 Å². The van der Waals surface area contributed by atoms with Gasteiger partial charge in [-0.3, -0.25) is 4.79 Å². The highest BCUT2D eigenvalue weighted by Crippen LogP contribution is 2.15. The van der Waals surface area contributed by atoms with Crippen molar-refractivity contribution in [1.29, 1.82) is 0 Å². The lowest BCUT2D eigenvalue weighted by Crippen LogP contribution is -1.93. The van der Waals surface area contributed by atoms with E-state index in [1.165, 1.54) is 6.08 Å². The summed E-state index contributed by atoms with van der Waals surface area (Å²) in [6, 6.07) is 0. The van der Waals surface area contributed by atoms with Crippen LogP contribution >= 0.6 is 0 Å². The van der Waals surface area contributed by atoms with Crippen LogP contribution in [0.2, 0.25) is 0 Å². The maximum Gasteiger partial charge on any atom is 0.188 e. The lowest BCUT2D eigenvalue weighted by molar-refractivity contribution is -0.114. The highest BCUT2D eigenvalue weighted by Gasteiger charge is 2.12. The van der Waals surface area contributed by atoms with Gasteiger partial charge in [-0.2, -0.15) is 0 Å². The lowest BCUT2D eigenvalue weighted by Gasteiger charge is -2.02. The maximum absolute atomic E-state index is 10.6. The van der Waals surface area contributed by atoms with Crippen molar-refractivity contribution in [2.24, 2.45) is 0 Å². The average molecular weight is 142 g/mol. The van der Waals surface area contributed by atoms with Crippen LogP contribution in [0.4, 0.5) is 0 Å². The molecule has 0 spiro atoms. The molecule has 0 bridgehead atoms. The van der Waals surface area contributed by atoms with Gasteiger partial charge in [0, 0.05) is 26.0 Å². The molecular weight excluding hydrogens is 132 g/mol. The molecule has 1 aliphatic rings. The van der Waals surface area contributed by atoms with E-state index < -0.39 is 0 Å². The first-order chi connectivity index (χ1) is 4.83. The summed E-state index contributed by atoms with van der Waals surface area (Å²) in [6.45, 7) is 0.235. The van der Waals surface area contributed by atoms with Crippen LogP contribution in [0, 0.1) is 0 Å². The maximum atomic E-state index is 10.6. The van der Waals surface area contributed by atoms with Gasteiger partial charge in [0.25, 0.3) is 0 Å². The molecule has 0 saturated carbocycles. The van der Waals surface area contributed by atoms with Gasteiger partial charge >= 0.3 is 0 Å². The van der Waals surface area contributed by atoms with Gasteiger partial charge in [0.1, 0.15) is 5.76 Å². The summed E-state index contributed by atoms with van der Waals surface area (Å²) in [5.41, 5.74) is 0. The summed E-state index contributed by atoms with van der Waals surface area (Å²) in [7, 11) is 1.55. The summed E-state index contributed by atoms with van der Waals surface area (Å²) < 4.78 is 9.71. The Morgan fingerprint density at radius 2 is 2.40 bits per heavy atom. The molecule has 0 fully saturated rings. The Bertz CT molecular complexity index is 160. The number of carbonyl (C=O) groups is 1. The van der Waals surface area contributed by atoms with Crippen LogP contribution in [-0.2, 0) is 14.3 Å². The van der Waals surface area contributed by atoms with E-state index in [0.29, 0.717) is 6.42 Å². The van der Waals surface area contributed by atoms with Gasteiger partial charge in [-0.1, -0.05) is 0 Å². The van der Waals surface area contributed by atoms with E-state index in [4.69, 9.17) is 4.74 Å². The number of methoxy groups -OCH3 is 1. The van der Waals surface area contributed by atoms with Crippen molar-refractivity contribution in [2.45, 2.75) is 12.8 Å². The quantitative estimate of drug-likeness (QED) is 0.548. The number of carbonyl (C=O) groups excluding carboxylic acids is 1. The van der Waals surface area contributed by atoms with Crippen molar-refractivity contribution >= 4 is 5.78 Å². The van der Waals surface area contributed by atoms with E-state index in [9.17, 15) is 4.79 Å². The van der Waals surface area contributed by atoms with Crippen molar-refractivity contribution in [3.05, 3.63) is 11.8 Å².